The number of fused-ring (bicyclic) bond motifs is 1. The van der Waals surface area contributed by atoms with Crippen molar-refractivity contribution >= 4 is 27.4 Å². The van der Waals surface area contributed by atoms with E-state index in [1.54, 1.807) is 28.8 Å². The number of rotatable bonds is 4. The summed E-state index contributed by atoms with van der Waals surface area (Å²) in [6.45, 7) is 6.36. The van der Waals surface area contributed by atoms with Crippen molar-refractivity contribution in [2.24, 2.45) is 0 Å². The van der Waals surface area contributed by atoms with E-state index >= 15 is 0 Å². The van der Waals surface area contributed by atoms with Crippen molar-refractivity contribution in [1.29, 1.82) is 0 Å². The second-order valence-electron chi connectivity index (χ2n) is 3.70. The number of thiazole rings is 1. The summed E-state index contributed by atoms with van der Waals surface area (Å²) in [4.78, 5) is 17.1. The van der Waals surface area contributed by atoms with Crippen LogP contribution in [-0.4, -0.2) is 31.1 Å². The number of hydrogen-bond donors (Lipinski definition) is 0. The Morgan fingerprint density at radius 1 is 1.47 bits per heavy atom. The molecule has 7 heteroatoms. The van der Waals surface area contributed by atoms with Gasteiger partial charge in [-0.15, -0.1) is 11.3 Å². The predicted molar refractivity (Wildman–Crippen MR) is 73.0 cm³/mol. The summed E-state index contributed by atoms with van der Waals surface area (Å²) in [5.74, 6) is 1.03. The monoisotopic (exact) mass is 273 g/mol. The normalized spacial score (nSPS) is 10.8. The standard InChI is InChI=1S/C12H11N5OS/c1-3-18-8(2)9-10-11(14-7-19-10)16-12(15-9)17-5-4-13-6-17/h4-7H,2-3H2,1H3. The fourth-order valence-corrected chi connectivity index (χ4v) is 2.41. The van der Waals surface area contributed by atoms with Crippen molar-refractivity contribution in [3.63, 3.8) is 0 Å². The van der Waals surface area contributed by atoms with Crippen molar-refractivity contribution in [3.8, 4) is 5.95 Å². The topological polar surface area (TPSA) is 65.7 Å². The molecule has 0 radical (unpaired) electrons. The van der Waals surface area contributed by atoms with Gasteiger partial charge in [0.05, 0.1) is 12.1 Å². The second-order valence-corrected chi connectivity index (χ2v) is 4.56. The molecule has 0 fully saturated rings. The minimum Gasteiger partial charge on any atom is -0.492 e. The third-order valence-corrected chi connectivity index (χ3v) is 3.32. The molecule has 0 saturated heterocycles. The van der Waals surface area contributed by atoms with E-state index in [1.807, 2.05) is 6.92 Å². The highest BCUT2D eigenvalue weighted by Gasteiger charge is 2.14. The van der Waals surface area contributed by atoms with Crippen molar-refractivity contribution in [2.75, 3.05) is 6.61 Å². The van der Waals surface area contributed by atoms with E-state index in [4.69, 9.17) is 4.74 Å². The van der Waals surface area contributed by atoms with Gasteiger partial charge >= 0.3 is 0 Å². The van der Waals surface area contributed by atoms with Gasteiger partial charge in [0, 0.05) is 12.4 Å². The molecule has 19 heavy (non-hydrogen) atoms. The summed E-state index contributed by atoms with van der Waals surface area (Å²) in [6.07, 6.45) is 5.09. The summed E-state index contributed by atoms with van der Waals surface area (Å²) in [7, 11) is 0. The molecule has 3 aromatic heterocycles. The van der Waals surface area contributed by atoms with Gasteiger partial charge < -0.3 is 4.74 Å². The lowest BCUT2D eigenvalue weighted by molar-refractivity contribution is 0.298. The van der Waals surface area contributed by atoms with Crippen LogP contribution in [0.5, 0.6) is 0 Å². The minimum absolute atomic E-state index is 0.506. The molecule has 0 N–H and O–H groups in total. The van der Waals surface area contributed by atoms with Crippen LogP contribution in [0.1, 0.15) is 12.6 Å². The fraction of sp³-hybridized carbons (Fsp3) is 0.167. The third kappa shape index (κ3) is 2.08. The van der Waals surface area contributed by atoms with Crippen LogP contribution in [0.4, 0.5) is 0 Å². The highest BCUT2D eigenvalue weighted by molar-refractivity contribution is 7.17. The van der Waals surface area contributed by atoms with Crippen LogP contribution in [0.2, 0.25) is 0 Å². The van der Waals surface area contributed by atoms with Crippen LogP contribution in [0.25, 0.3) is 22.1 Å². The fourth-order valence-electron chi connectivity index (χ4n) is 1.68. The van der Waals surface area contributed by atoms with E-state index in [-0.39, 0.29) is 0 Å². The Hall–Kier alpha value is -2.28. The van der Waals surface area contributed by atoms with E-state index in [1.165, 1.54) is 11.3 Å². The first-order chi connectivity index (χ1) is 9.29. The SMILES string of the molecule is C=C(OCC)c1nc(-n2ccnc2)nc2ncsc12. The van der Waals surface area contributed by atoms with Crippen LogP contribution >= 0.6 is 11.3 Å². The number of ether oxygens (including phenoxy) is 1. The molecule has 0 aromatic carbocycles. The Labute approximate surface area is 113 Å². The lowest BCUT2D eigenvalue weighted by Crippen LogP contribution is -2.03. The Morgan fingerprint density at radius 3 is 3.11 bits per heavy atom. The minimum atomic E-state index is 0.506. The third-order valence-electron chi connectivity index (χ3n) is 2.50. The highest BCUT2D eigenvalue weighted by atomic mass is 32.1. The van der Waals surface area contributed by atoms with Crippen LogP contribution < -0.4 is 0 Å². The summed E-state index contributed by atoms with van der Waals surface area (Å²) in [5, 5.41) is 0. The highest BCUT2D eigenvalue weighted by Crippen LogP contribution is 2.26. The van der Waals surface area contributed by atoms with Gasteiger partial charge in [0.25, 0.3) is 0 Å². The van der Waals surface area contributed by atoms with Gasteiger partial charge in [0.1, 0.15) is 22.5 Å². The number of hydrogen-bond acceptors (Lipinski definition) is 6. The molecule has 0 saturated carbocycles. The Kier molecular flexibility index (Phi) is 2.96. The van der Waals surface area contributed by atoms with Gasteiger partial charge in [-0.1, -0.05) is 6.58 Å². The molecule has 0 spiro atoms. The van der Waals surface area contributed by atoms with Crippen molar-refractivity contribution in [1.82, 2.24) is 24.5 Å². The summed E-state index contributed by atoms with van der Waals surface area (Å²) >= 11 is 1.47. The maximum atomic E-state index is 5.45. The van der Waals surface area contributed by atoms with Gasteiger partial charge in [-0.2, -0.15) is 4.98 Å². The average molecular weight is 273 g/mol. The van der Waals surface area contributed by atoms with Gasteiger partial charge in [0.2, 0.25) is 5.95 Å². The van der Waals surface area contributed by atoms with Crippen LogP contribution in [0, 0.1) is 0 Å². The average Bonchev–Trinajstić information content (AvgIpc) is 3.08. The lowest BCUT2D eigenvalue weighted by atomic mass is 10.3. The van der Waals surface area contributed by atoms with E-state index < -0.39 is 0 Å². The molecule has 0 aliphatic heterocycles. The summed E-state index contributed by atoms with van der Waals surface area (Å²) < 4.78 is 8.05. The van der Waals surface area contributed by atoms with Crippen molar-refractivity contribution in [2.45, 2.75) is 6.92 Å². The van der Waals surface area contributed by atoms with Gasteiger partial charge in [-0.3, -0.25) is 4.57 Å². The van der Waals surface area contributed by atoms with Crippen LogP contribution in [-0.2, 0) is 4.74 Å². The number of imidazole rings is 1. The molecule has 3 heterocycles. The maximum absolute atomic E-state index is 5.45. The molecular formula is C12H11N5OS. The van der Waals surface area contributed by atoms with Gasteiger partial charge in [-0.25, -0.2) is 15.0 Å². The van der Waals surface area contributed by atoms with E-state index in [2.05, 4.69) is 26.5 Å². The molecule has 3 aromatic rings. The maximum Gasteiger partial charge on any atom is 0.237 e. The largest absolute Gasteiger partial charge is 0.492 e. The number of aromatic nitrogens is 5. The van der Waals surface area contributed by atoms with E-state index in [0.717, 1.165) is 4.70 Å². The molecular weight excluding hydrogens is 262 g/mol. The number of nitrogens with zero attached hydrogens (tertiary/aromatic N) is 5. The molecule has 0 aliphatic carbocycles. The van der Waals surface area contributed by atoms with Crippen LogP contribution in [0.3, 0.4) is 0 Å². The molecule has 0 bridgehead atoms. The zero-order chi connectivity index (χ0) is 13.2. The van der Waals surface area contributed by atoms with Crippen LogP contribution in [0.15, 0.2) is 30.8 Å². The molecule has 0 aliphatic rings. The molecule has 0 atom stereocenters. The van der Waals surface area contributed by atoms with Crippen molar-refractivity contribution < 1.29 is 4.74 Å². The smallest absolute Gasteiger partial charge is 0.237 e. The Morgan fingerprint density at radius 2 is 2.37 bits per heavy atom. The first-order valence-electron chi connectivity index (χ1n) is 5.71. The summed E-state index contributed by atoms with van der Waals surface area (Å²) in [5.41, 5.74) is 3.05. The van der Waals surface area contributed by atoms with Gasteiger partial charge in [-0.05, 0) is 6.92 Å². The summed E-state index contributed by atoms with van der Waals surface area (Å²) in [6, 6.07) is 0. The first kappa shape index (κ1) is 11.8. The second kappa shape index (κ2) is 4.77. The van der Waals surface area contributed by atoms with Gasteiger partial charge in [0.15, 0.2) is 5.65 Å². The van der Waals surface area contributed by atoms with Crippen molar-refractivity contribution in [3.05, 3.63) is 36.5 Å². The zero-order valence-corrected chi connectivity index (χ0v) is 11.1. The lowest BCUT2D eigenvalue weighted by Gasteiger charge is -2.08. The Balaban J connectivity index is 2.18. The van der Waals surface area contributed by atoms with E-state index in [0.29, 0.717) is 29.7 Å². The predicted octanol–water partition coefficient (Wildman–Crippen LogP) is 2.28. The zero-order valence-electron chi connectivity index (χ0n) is 10.3. The molecule has 0 amide bonds. The van der Waals surface area contributed by atoms with E-state index in [9.17, 15) is 0 Å². The molecule has 96 valence electrons. The molecule has 0 unspecified atom stereocenters. The molecule has 6 nitrogen and oxygen atoms in total. The quantitative estimate of drug-likeness (QED) is 0.682. The first-order valence-corrected chi connectivity index (χ1v) is 6.59. The Bertz CT molecular complexity index is 719. The molecule has 3 rings (SSSR count).